The summed E-state index contributed by atoms with van der Waals surface area (Å²) in [5, 5.41) is 24.3. The number of furan rings is 1. The van der Waals surface area contributed by atoms with Crippen LogP contribution in [-0.2, 0) is 25.7 Å². The lowest BCUT2D eigenvalue weighted by molar-refractivity contribution is 0.0981. The summed E-state index contributed by atoms with van der Waals surface area (Å²) >= 11 is 5.96. The van der Waals surface area contributed by atoms with Crippen LogP contribution in [0.1, 0.15) is 113 Å². The Kier molecular flexibility index (Phi) is 31.4. The molecule has 0 bridgehead atoms. The number of anilines is 10. The summed E-state index contributed by atoms with van der Waals surface area (Å²) in [6, 6.07) is 41.2. The molecule has 0 unspecified atom stereocenters. The van der Waals surface area contributed by atoms with E-state index < -0.39 is 0 Å². The monoisotopic (exact) mass is 1840 g/mol. The molecule has 14 N–H and O–H groups in total. The highest BCUT2D eigenvalue weighted by atomic mass is 32.1. The first-order valence-electron chi connectivity index (χ1n) is 44.7. The van der Waals surface area contributed by atoms with Gasteiger partial charge in [0.2, 0.25) is 0 Å². The Balaban J connectivity index is 0.000000120. The number of carbonyl (C=O) groups is 5. The fraction of sp³-hybridized carbons (Fsp3) is 0.277. The Hall–Kier alpha value is -13.2. The number of piperazine rings is 5. The van der Waals surface area contributed by atoms with Crippen molar-refractivity contribution in [3.63, 3.8) is 0 Å². The zero-order valence-corrected chi connectivity index (χ0v) is 77.1. The molecule has 12 aromatic rings. The number of carbonyl (C=O) groups excluding carboxylic acids is 5. The number of nitrogens with two attached hydrogens (primary N) is 4. The van der Waals surface area contributed by atoms with Crippen molar-refractivity contribution in [1.29, 1.82) is 0 Å². The molecule has 0 atom stereocenters. The van der Waals surface area contributed by atoms with E-state index in [0.29, 0.717) is 49.6 Å². The van der Waals surface area contributed by atoms with Gasteiger partial charge in [-0.25, -0.2) is 24.9 Å². The van der Waals surface area contributed by atoms with E-state index >= 15 is 0 Å². The molecule has 132 heavy (non-hydrogen) atoms. The first-order valence-corrected chi connectivity index (χ1v) is 48.0. The van der Waals surface area contributed by atoms with Crippen molar-refractivity contribution in [2.45, 2.75) is 51.9 Å². The van der Waals surface area contributed by atoms with Gasteiger partial charge in [0.15, 0.2) is 38.4 Å². The number of hydrogen-bond acceptors (Lipinski definition) is 30. The van der Waals surface area contributed by atoms with E-state index in [9.17, 15) is 24.0 Å². The van der Waals surface area contributed by atoms with Gasteiger partial charge in [-0.2, -0.15) is 0 Å². The standard InChI is InChI=1S/C21H23N5O.C21H23N3OS.C20H21N5OS.C20H22N4OS.C19H20N4O2S/c22-18-6-5-16(15-3-1-2-4-15)11-17(18)12-20(27)19-13-25-21(14-24-19)26-9-7-23-8-10-26;22-18-6-5-16(15-3-1-2-4-15)13-17(18)14-19(25)20-7-8-21(26-20)24-11-9-23-10-12-24;21-17-2-1-15(14-3-5-22-6-4-14)11-16(17)12-18(26)19-13-24-20(27-19)25-9-7-23-8-10-25;21-17-6-5-15(14-3-1-2-4-14)11-16(17)12-18(25)20-23-13-19(26-20)24-9-7-22-8-10-24;1-13-4-5-14(16-3-2-10-25-16)11-15(13)22-18(24)17-12-21-19(26-17)23-8-6-20-7-9-23/h1-3,5-6,11,13-14,23H,4,7-10,12,22H2;1-3,5-8,13,23H,4,9-12,14,22H2;1-6,11,13,23H,7-10,12,21H2;1-3,5-6,11,13,22H,4,7-10,12,21H2;2-5,10-12,20H,6-9H2,1H3,(H,22,24). The van der Waals surface area contributed by atoms with Crippen molar-refractivity contribution in [2.75, 3.05) is 184 Å². The molecule has 3 aliphatic carbocycles. The number of pyridine rings is 1. The van der Waals surface area contributed by atoms with E-state index in [4.69, 9.17) is 27.4 Å². The number of aryl methyl sites for hydroxylation is 1. The quantitative estimate of drug-likeness (QED) is 0.0198. The molecule has 7 aromatic heterocycles. The molecule has 0 spiro atoms. The average Bonchev–Trinajstić information content (AvgIpc) is 1.70. The number of nitrogens with zero attached hydrogens (tertiary/aromatic N) is 11. The number of thiophene rings is 1. The molecule has 27 nitrogen and oxygen atoms in total. The summed E-state index contributed by atoms with van der Waals surface area (Å²) < 4.78 is 5.44. The minimum Gasteiger partial charge on any atom is -0.464 e. The van der Waals surface area contributed by atoms with E-state index in [1.165, 1.54) is 55.7 Å². The van der Waals surface area contributed by atoms with Crippen LogP contribution in [-0.4, -0.2) is 190 Å². The summed E-state index contributed by atoms with van der Waals surface area (Å²) in [7, 11) is 0. The summed E-state index contributed by atoms with van der Waals surface area (Å²) in [6.07, 6.45) is 36.4. The van der Waals surface area contributed by atoms with Gasteiger partial charge in [0.1, 0.15) is 27.2 Å². The number of ketones is 4. The number of allylic oxidation sites excluding steroid dienone is 12. The highest BCUT2D eigenvalue weighted by Gasteiger charge is 2.26. The Morgan fingerprint density at radius 3 is 1.34 bits per heavy atom. The van der Waals surface area contributed by atoms with Crippen LogP contribution in [0.3, 0.4) is 0 Å². The SMILES string of the molecule is Cc1ccc(-c2ccco2)cc1NC(=O)c1cnc(N2CCNCC2)s1.Nc1ccc(-c2ccncc2)cc1CC(=O)c1cnc(N2CCNCC2)s1.Nc1ccc(C2=CC=CC2)cc1CC(=O)c1ccc(N2CCNCC2)s1.Nc1ccc(C2=CC=CC2)cc1CC(=O)c1cnc(N2CCNCC2)cn1.Nc1ccc(C2=CC=CC2)cc1CC(=O)c1ncc(N2CCNCC2)s1. The Morgan fingerprint density at radius 2 is 0.848 bits per heavy atom. The number of amides is 1. The zero-order chi connectivity index (χ0) is 91.1. The van der Waals surface area contributed by atoms with Gasteiger partial charge in [-0.15, -0.1) is 11.3 Å². The van der Waals surface area contributed by atoms with Crippen LogP contribution in [0.5, 0.6) is 0 Å². The number of thiazole rings is 3. The lowest BCUT2D eigenvalue weighted by Gasteiger charge is -2.27. The Morgan fingerprint density at radius 1 is 0.394 bits per heavy atom. The number of nitrogen functional groups attached to an aromatic ring is 4. The fourth-order valence-electron chi connectivity index (χ4n) is 16.2. The second kappa shape index (κ2) is 45.1. The number of nitrogens with one attached hydrogen (secondary N) is 6. The maximum atomic E-state index is 12.8. The number of benzene rings is 5. The van der Waals surface area contributed by atoms with Crippen LogP contribution < -0.4 is 79.3 Å². The molecule has 12 heterocycles. The van der Waals surface area contributed by atoms with Gasteiger partial charge >= 0.3 is 0 Å². The van der Waals surface area contributed by atoms with Gasteiger partial charge < -0.3 is 83.8 Å². The van der Waals surface area contributed by atoms with Crippen LogP contribution >= 0.6 is 45.3 Å². The molecule has 31 heteroatoms. The van der Waals surface area contributed by atoms with Gasteiger partial charge in [0, 0.05) is 203 Å². The summed E-state index contributed by atoms with van der Waals surface area (Å²) in [5.41, 5.74) is 42.9. The van der Waals surface area contributed by atoms with Crippen molar-refractivity contribution < 1.29 is 28.4 Å². The molecular weight excluding hydrogens is 1730 g/mol. The lowest BCUT2D eigenvalue weighted by atomic mass is 9.98. The molecule has 5 fully saturated rings. The van der Waals surface area contributed by atoms with Crippen LogP contribution in [0.15, 0.2) is 236 Å². The van der Waals surface area contributed by atoms with Gasteiger partial charge in [0.05, 0.1) is 52.0 Å². The van der Waals surface area contributed by atoms with E-state index in [1.54, 1.807) is 54.8 Å². The van der Waals surface area contributed by atoms with Crippen molar-refractivity contribution in [3.8, 4) is 22.5 Å². The summed E-state index contributed by atoms with van der Waals surface area (Å²) in [4.78, 5) is 103. The first kappa shape index (κ1) is 92.1. The minimum absolute atomic E-state index is 0.0266. The average molecular weight is 1840 g/mol. The predicted octanol–water partition coefficient (Wildman–Crippen LogP) is 14.6. The van der Waals surface area contributed by atoms with Crippen LogP contribution in [0.4, 0.5) is 54.5 Å². The maximum Gasteiger partial charge on any atom is 0.267 e. The highest BCUT2D eigenvalue weighted by Crippen LogP contribution is 2.36. The van der Waals surface area contributed by atoms with Crippen molar-refractivity contribution >= 4 is 146 Å². The van der Waals surface area contributed by atoms with Crippen LogP contribution in [0, 0.1) is 6.92 Å². The van der Waals surface area contributed by atoms with Gasteiger partial charge in [0.25, 0.3) is 5.91 Å². The van der Waals surface area contributed by atoms with Crippen LogP contribution in [0.25, 0.3) is 39.2 Å². The molecule has 5 saturated heterocycles. The zero-order valence-electron chi connectivity index (χ0n) is 73.8. The number of Topliss-reactive ketones (excluding diaryl/α,β-unsaturated/α-hetero) is 4. The topological polar surface area (TPSA) is 368 Å². The molecule has 8 aliphatic rings. The third kappa shape index (κ3) is 24.3. The summed E-state index contributed by atoms with van der Waals surface area (Å²) in [5.74, 6) is 1.60. The lowest BCUT2D eigenvalue weighted by Crippen LogP contribution is -2.43. The number of aromatic nitrogens is 6. The second-order valence-corrected chi connectivity index (χ2v) is 36.9. The largest absolute Gasteiger partial charge is 0.464 e. The van der Waals surface area contributed by atoms with Crippen molar-refractivity contribution in [3.05, 3.63) is 302 Å². The van der Waals surface area contributed by atoms with Crippen molar-refractivity contribution in [1.82, 2.24) is 56.5 Å². The summed E-state index contributed by atoms with van der Waals surface area (Å²) in [6.45, 7) is 20.9. The fourth-order valence-corrected chi connectivity index (χ4v) is 19.8. The number of hydrogen-bond donors (Lipinski definition) is 10. The molecule has 0 radical (unpaired) electrons. The molecule has 0 saturated carbocycles. The van der Waals surface area contributed by atoms with Gasteiger partial charge in [-0.1, -0.05) is 125 Å². The van der Waals surface area contributed by atoms with E-state index in [2.05, 4.69) is 147 Å². The van der Waals surface area contributed by atoms with Gasteiger partial charge in [-0.3, -0.25) is 29.0 Å². The Bertz CT molecular complexity index is 6070. The first-order chi connectivity index (χ1) is 64.5. The van der Waals surface area contributed by atoms with E-state index in [1.807, 2.05) is 134 Å². The van der Waals surface area contributed by atoms with E-state index in [-0.39, 0.29) is 48.3 Å². The van der Waals surface area contributed by atoms with Gasteiger partial charge in [-0.05, 0) is 190 Å². The molecule has 5 aromatic carbocycles. The molecule has 20 rings (SSSR count). The molecule has 678 valence electrons. The third-order valence-corrected chi connectivity index (χ3v) is 28.2. The normalized spacial score (nSPS) is 15.7. The Labute approximate surface area is 784 Å². The third-order valence-electron chi connectivity index (χ3n) is 23.8. The minimum atomic E-state index is -0.136. The number of rotatable bonds is 24. The smallest absolute Gasteiger partial charge is 0.267 e. The molecule has 1 amide bonds. The predicted molar refractivity (Wildman–Crippen MR) is 539 cm³/mol. The van der Waals surface area contributed by atoms with Crippen LogP contribution in [0.2, 0.25) is 0 Å². The van der Waals surface area contributed by atoms with Crippen molar-refractivity contribution in [2.24, 2.45) is 0 Å². The molecule has 5 aliphatic heterocycles. The maximum absolute atomic E-state index is 12.8. The highest BCUT2D eigenvalue weighted by molar-refractivity contribution is 7.18. The van der Waals surface area contributed by atoms with E-state index in [0.717, 1.165) is 249 Å². The second-order valence-electron chi connectivity index (χ2n) is 32.8. The molecular formula is C101H109N21O6S4.